The Bertz CT molecular complexity index is 2490. The Balaban J connectivity index is 0.000000302. The summed E-state index contributed by atoms with van der Waals surface area (Å²) in [5.74, 6) is 30.7. The number of carbonyl (C=O) groups is 1. The minimum absolute atomic E-state index is 0.0394. The zero-order chi connectivity index (χ0) is 41.5. The van der Waals surface area contributed by atoms with Crippen LogP contribution in [-0.4, -0.2) is 86.9 Å². The Labute approximate surface area is 336 Å². The van der Waals surface area contributed by atoms with Crippen LogP contribution in [0.2, 0.25) is 10.6 Å². The van der Waals surface area contributed by atoms with Gasteiger partial charge >= 0.3 is 6.09 Å². The van der Waals surface area contributed by atoms with Gasteiger partial charge in [-0.1, -0.05) is 11.8 Å². The summed E-state index contributed by atoms with van der Waals surface area (Å²) < 4.78 is 15.8. The van der Waals surface area contributed by atoms with Crippen LogP contribution in [-0.2, 0) is 4.74 Å². The number of hydrogen-bond donors (Lipinski definition) is 1. The van der Waals surface area contributed by atoms with Crippen molar-refractivity contribution in [2.24, 2.45) is 0 Å². The maximum atomic E-state index is 12.2. The lowest BCUT2D eigenvalue weighted by molar-refractivity contribution is 0.0240. The highest BCUT2D eigenvalue weighted by Gasteiger charge is 2.28. The third kappa shape index (κ3) is 14.8. The maximum absolute atomic E-state index is 12.2. The van der Waals surface area contributed by atoms with Gasteiger partial charge in [0.25, 0.3) is 5.56 Å². The van der Waals surface area contributed by atoms with Crippen LogP contribution >= 0.6 is 23.2 Å². The number of aromatic nitrogens is 6. The predicted octanol–water partition coefficient (Wildman–Crippen LogP) is 5.02. The molecule has 0 radical (unpaired) electrons. The second kappa shape index (κ2) is 23.6. The number of hydrogen-bond acceptors (Lipinski definition) is 11. The summed E-state index contributed by atoms with van der Waals surface area (Å²) in [5, 5.41) is 1.30. The number of nitrogens with zero attached hydrogens (tertiary/aromatic N) is 7. The highest BCUT2D eigenvalue weighted by Crippen LogP contribution is 2.33. The lowest BCUT2D eigenvalue weighted by atomic mass is 10.2. The molecule has 1 saturated heterocycles. The Morgan fingerprint density at radius 3 is 1.77 bits per heavy atom. The first kappa shape index (κ1) is 45.1. The van der Waals surface area contributed by atoms with Crippen molar-refractivity contribution in [1.82, 2.24) is 34.8 Å². The molecule has 1 aliphatic rings. The van der Waals surface area contributed by atoms with Gasteiger partial charge < -0.3 is 24.0 Å². The van der Waals surface area contributed by atoms with Gasteiger partial charge in [-0.25, -0.2) is 14.8 Å². The van der Waals surface area contributed by atoms with Gasteiger partial charge in [0.15, 0.2) is 5.75 Å². The van der Waals surface area contributed by atoms with Gasteiger partial charge in [0.05, 0.1) is 49.9 Å². The maximum Gasteiger partial charge on any atom is 0.410 e. The third-order valence-electron chi connectivity index (χ3n) is 6.52. The number of halogens is 2. The van der Waals surface area contributed by atoms with Crippen LogP contribution in [0.5, 0.6) is 11.5 Å². The Morgan fingerprint density at radius 1 is 0.750 bits per heavy atom. The van der Waals surface area contributed by atoms with Gasteiger partial charge in [0, 0.05) is 26.2 Å². The summed E-state index contributed by atoms with van der Waals surface area (Å²) in [5.41, 5.74) is 0.191. The van der Waals surface area contributed by atoms with E-state index in [1.807, 2.05) is 20.8 Å². The van der Waals surface area contributed by atoms with Crippen molar-refractivity contribution in [3.8, 4) is 95.4 Å². The molecule has 1 N–H and O–H groups in total. The second-order valence-corrected chi connectivity index (χ2v) is 12.1. The number of methoxy groups -OCH3 is 2. The van der Waals surface area contributed by atoms with Crippen LogP contribution in [0.3, 0.4) is 0 Å². The molecule has 13 nitrogen and oxygen atoms in total. The van der Waals surface area contributed by atoms with Crippen molar-refractivity contribution < 1.29 is 19.0 Å². The van der Waals surface area contributed by atoms with Gasteiger partial charge in [-0.15, -0.1) is 12.8 Å². The number of H-pyrrole nitrogens is 1. The molecule has 15 heteroatoms. The van der Waals surface area contributed by atoms with Crippen molar-refractivity contribution in [2.75, 3.05) is 45.3 Å². The molecule has 0 bridgehead atoms. The molecule has 4 aromatic rings. The largest absolute Gasteiger partial charge is 0.494 e. The number of amides is 1. The molecule has 0 atom stereocenters. The number of rotatable bonds is 3. The van der Waals surface area contributed by atoms with Crippen LogP contribution in [0.4, 0.5) is 10.6 Å². The monoisotopic (exact) mass is 790 g/mol. The molecule has 0 saturated carbocycles. The first-order valence-electron chi connectivity index (χ1n) is 16.2. The summed E-state index contributed by atoms with van der Waals surface area (Å²) in [6.07, 6.45) is 15.4. The number of aromatic amines is 1. The summed E-state index contributed by atoms with van der Waals surface area (Å²) in [4.78, 5) is 50.4. The summed E-state index contributed by atoms with van der Waals surface area (Å²) in [7, 11) is 3.04. The number of terminal acetylenes is 2. The van der Waals surface area contributed by atoms with Crippen molar-refractivity contribution in [3.05, 3.63) is 45.7 Å². The fraction of sp³-hybridized carbons (Fsp3) is 0.293. The van der Waals surface area contributed by atoms with Gasteiger partial charge in [0.2, 0.25) is 10.6 Å². The smallest absolute Gasteiger partial charge is 0.410 e. The zero-order valence-electron chi connectivity index (χ0n) is 31.7. The molecule has 0 spiro atoms. The molecule has 284 valence electrons. The lowest BCUT2D eigenvalue weighted by Gasteiger charge is -2.36. The average molecular weight is 792 g/mol. The second-order valence-electron chi connectivity index (χ2n) is 11.4. The molecule has 5 heterocycles. The molecule has 1 aliphatic heterocycles. The first-order valence-corrected chi connectivity index (χ1v) is 17.0. The van der Waals surface area contributed by atoms with Crippen LogP contribution in [0.15, 0.2) is 29.6 Å². The quantitative estimate of drug-likeness (QED) is 0.220. The van der Waals surface area contributed by atoms with Crippen molar-refractivity contribution in [1.29, 1.82) is 0 Å². The fourth-order valence-electron chi connectivity index (χ4n) is 4.33. The molecule has 0 aliphatic carbocycles. The standard InChI is InChI=1S/C17H22ClN5O3.C11H4.C8H6ClN3O2.C5H4/c1-17(2,3)26-16(24)23-7-5-22(6-8-23)14-13-11(20-15(18)21-14)9-19-10-12(13)25-4;1-3-5-7-9-11-10-8-6-4-2;1-14-5-3-10-2-4-6(5)7(13)12-8(9)11-4;1-3-5-4-2/h9-10H,5-8H2,1-4H3;1H,2H3;2-3H,1H3,(H,11,12,13);1H,2H3. The van der Waals surface area contributed by atoms with Crippen molar-refractivity contribution in [2.45, 2.75) is 40.2 Å². The SMILES string of the molecule is C#CC#CC.C#CC#CC#CC#CC#CC.COc1cncc2nc(Cl)[nH]c(=O)c12.COc1cncc2nc(Cl)nc(N3CCN(C(=O)OC(C)(C)C)CC3)c12. The summed E-state index contributed by atoms with van der Waals surface area (Å²) >= 11 is 11.7. The van der Waals surface area contributed by atoms with E-state index in [4.69, 9.17) is 50.3 Å². The third-order valence-corrected chi connectivity index (χ3v) is 6.87. The van der Waals surface area contributed by atoms with E-state index in [0.29, 0.717) is 59.9 Å². The van der Waals surface area contributed by atoms with Gasteiger partial charge in [-0.05, 0) is 117 Å². The molecule has 4 aromatic heterocycles. The minimum Gasteiger partial charge on any atom is -0.494 e. The van der Waals surface area contributed by atoms with Crippen LogP contribution in [0.1, 0.15) is 34.6 Å². The number of ether oxygens (including phenoxy) is 3. The summed E-state index contributed by atoms with van der Waals surface area (Å²) in [6.45, 7) is 11.3. The fourth-order valence-corrected chi connectivity index (χ4v) is 4.68. The van der Waals surface area contributed by atoms with E-state index in [0.717, 1.165) is 5.39 Å². The van der Waals surface area contributed by atoms with Crippen molar-refractivity contribution >= 4 is 56.9 Å². The highest BCUT2D eigenvalue weighted by molar-refractivity contribution is 6.29. The van der Waals surface area contributed by atoms with Crippen LogP contribution in [0, 0.1) is 83.9 Å². The number of anilines is 1. The average Bonchev–Trinajstić information content (AvgIpc) is 3.17. The molecule has 56 heavy (non-hydrogen) atoms. The zero-order valence-corrected chi connectivity index (χ0v) is 33.2. The van der Waals surface area contributed by atoms with Crippen LogP contribution < -0.4 is 19.9 Å². The van der Waals surface area contributed by atoms with Gasteiger partial charge in [0.1, 0.15) is 28.1 Å². The van der Waals surface area contributed by atoms with E-state index in [1.54, 1.807) is 38.3 Å². The van der Waals surface area contributed by atoms with E-state index in [9.17, 15) is 9.59 Å². The molecular formula is C41H36Cl2N8O5. The minimum atomic E-state index is -0.509. The number of pyridine rings is 2. The van der Waals surface area contributed by atoms with Crippen LogP contribution in [0.25, 0.3) is 21.8 Å². The lowest BCUT2D eigenvalue weighted by Crippen LogP contribution is -2.50. The van der Waals surface area contributed by atoms with Crippen molar-refractivity contribution in [3.63, 3.8) is 0 Å². The van der Waals surface area contributed by atoms with Gasteiger partial charge in [-0.3, -0.25) is 19.7 Å². The van der Waals surface area contributed by atoms with E-state index < -0.39 is 5.60 Å². The molecular weight excluding hydrogens is 755 g/mol. The molecule has 1 fully saturated rings. The topological polar surface area (TPSA) is 149 Å². The normalized spacial score (nSPS) is 10.7. The molecule has 0 unspecified atom stereocenters. The Kier molecular flexibility index (Phi) is 19.0. The number of piperazine rings is 1. The van der Waals surface area contributed by atoms with Gasteiger partial charge in [-0.2, -0.15) is 4.98 Å². The van der Waals surface area contributed by atoms with E-state index >= 15 is 0 Å². The van der Waals surface area contributed by atoms with E-state index in [2.05, 4.69) is 106 Å². The number of nitrogens with one attached hydrogen (secondary N) is 1. The first-order chi connectivity index (χ1) is 26.8. The number of carbonyl (C=O) groups excluding carboxylic acids is 1. The predicted molar refractivity (Wildman–Crippen MR) is 219 cm³/mol. The highest BCUT2D eigenvalue weighted by atomic mass is 35.5. The molecule has 0 aromatic carbocycles. The van der Waals surface area contributed by atoms with E-state index in [1.165, 1.54) is 19.5 Å². The summed E-state index contributed by atoms with van der Waals surface area (Å²) in [6, 6.07) is 0. The van der Waals surface area contributed by atoms with E-state index in [-0.39, 0.29) is 22.2 Å². The Morgan fingerprint density at radius 2 is 1.27 bits per heavy atom. The number of fused-ring (bicyclic) bond motifs is 2. The molecule has 1 amide bonds. The Hall–Kier alpha value is -7.05. The molecule has 5 rings (SSSR count).